The number of carbonyl (C=O) groups excluding carboxylic acids is 3. The van der Waals surface area contributed by atoms with Gasteiger partial charge in [-0.15, -0.1) is 0 Å². The third-order valence-corrected chi connectivity index (χ3v) is 13.2. The second kappa shape index (κ2) is 14.4. The van der Waals surface area contributed by atoms with Gasteiger partial charge in [0.15, 0.2) is 23.4 Å². The van der Waals surface area contributed by atoms with Gasteiger partial charge in [0.1, 0.15) is 11.5 Å². The van der Waals surface area contributed by atoms with Gasteiger partial charge in [-0.25, -0.2) is 9.97 Å². The number of rotatable bonds is 9. The Balaban J connectivity index is 0.751. The summed E-state index contributed by atoms with van der Waals surface area (Å²) in [5.74, 6) is -0.104. The molecule has 0 bridgehead atoms. The van der Waals surface area contributed by atoms with Gasteiger partial charge in [0.25, 0.3) is 5.91 Å². The van der Waals surface area contributed by atoms with Crippen molar-refractivity contribution in [3.05, 3.63) is 70.2 Å². The average molecular weight is 776 g/mol. The highest BCUT2D eigenvalue weighted by Gasteiger charge is 2.39. The number of hydrogen-bond acceptors (Lipinski definition) is 14. The highest BCUT2D eigenvalue weighted by molar-refractivity contribution is 6.02. The van der Waals surface area contributed by atoms with E-state index in [-0.39, 0.29) is 23.6 Å². The summed E-state index contributed by atoms with van der Waals surface area (Å²) in [7, 11) is 1.94. The third-order valence-electron chi connectivity index (χ3n) is 13.2. The quantitative estimate of drug-likeness (QED) is 0.181. The SMILES string of the molecule is CN1CCN([C@@H]2CCCN(c3cnc(C(N)=O)c(Nc4ccc5c(c4)CN(C4CN(C[C@H]6Cc7ccc8c(C9CCC(=O)NC9=O)noc8c7C6)C4)C5)n3)C2)C1O. The lowest BCUT2D eigenvalue weighted by molar-refractivity contribution is -0.134. The van der Waals surface area contributed by atoms with Crippen LogP contribution in [0.1, 0.15) is 70.0 Å². The summed E-state index contributed by atoms with van der Waals surface area (Å²) in [5.41, 5.74) is 13.2. The summed E-state index contributed by atoms with van der Waals surface area (Å²) >= 11 is 0. The van der Waals surface area contributed by atoms with Gasteiger partial charge in [-0.2, -0.15) is 0 Å². The molecule has 6 aliphatic rings. The van der Waals surface area contributed by atoms with Crippen LogP contribution in [-0.4, -0.2) is 129 Å². The van der Waals surface area contributed by atoms with Crippen molar-refractivity contribution in [2.24, 2.45) is 11.7 Å². The van der Waals surface area contributed by atoms with Crippen LogP contribution in [0.4, 0.5) is 17.3 Å². The Bertz CT molecular complexity index is 2260. The van der Waals surface area contributed by atoms with E-state index in [9.17, 15) is 19.5 Å². The maximum atomic E-state index is 12.5. The molecule has 0 spiro atoms. The molecule has 7 heterocycles. The Kier molecular flexibility index (Phi) is 9.20. The molecule has 298 valence electrons. The minimum absolute atomic E-state index is 0.105. The number of fused-ring (bicyclic) bond motifs is 4. The van der Waals surface area contributed by atoms with Gasteiger partial charge in [0.2, 0.25) is 11.8 Å². The van der Waals surface area contributed by atoms with Gasteiger partial charge in [-0.05, 0) is 80.0 Å². The van der Waals surface area contributed by atoms with E-state index in [0.29, 0.717) is 42.1 Å². The van der Waals surface area contributed by atoms with Crippen LogP contribution in [0.25, 0.3) is 11.0 Å². The Morgan fingerprint density at radius 3 is 2.67 bits per heavy atom. The number of likely N-dealkylation sites (tertiary alicyclic amines) is 1. The fourth-order valence-corrected chi connectivity index (χ4v) is 10.1. The number of primary amides is 1. The minimum atomic E-state index is -0.634. The van der Waals surface area contributed by atoms with E-state index in [0.717, 1.165) is 101 Å². The number of nitrogens with two attached hydrogens (primary N) is 1. The normalized spacial score (nSPS) is 26.2. The lowest BCUT2D eigenvalue weighted by atomic mass is 9.92. The van der Waals surface area contributed by atoms with Crippen molar-refractivity contribution in [2.75, 3.05) is 63.1 Å². The molecule has 2 aromatic heterocycles. The first-order valence-electron chi connectivity index (χ1n) is 20.3. The molecule has 10 rings (SSSR count). The number of hydrogen-bond donors (Lipinski definition) is 4. The molecule has 1 aliphatic carbocycles. The van der Waals surface area contributed by atoms with Crippen molar-refractivity contribution in [1.82, 2.24) is 40.0 Å². The van der Waals surface area contributed by atoms with E-state index in [1.54, 1.807) is 6.20 Å². The summed E-state index contributed by atoms with van der Waals surface area (Å²) in [4.78, 5) is 57.4. The Morgan fingerprint density at radius 1 is 1.02 bits per heavy atom. The zero-order valence-corrected chi connectivity index (χ0v) is 32.2. The van der Waals surface area contributed by atoms with Crippen LogP contribution < -0.4 is 21.3 Å². The molecule has 2 unspecified atom stereocenters. The predicted molar refractivity (Wildman–Crippen MR) is 210 cm³/mol. The van der Waals surface area contributed by atoms with Crippen LogP contribution in [0.3, 0.4) is 0 Å². The Hall–Kier alpha value is -5.00. The molecular weight excluding hydrogens is 727 g/mol. The number of piperidine rings is 2. The van der Waals surface area contributed by atoms with Crippen LogP contribution in [-0.2, 0) is 35.5 Å². The molecule has 4 aromatic rings. The number of imide groups is 1. The first kappa shape index (κ1) is 36.3. The molecular formula is C41H49N11O5. The number of likely N-dealkylation sites (N-methyl/N-ethyl adjacent to an activating group) is 1. The van der Waals surface area contributed by atoms with E-state index >= 15 is 0 Å². The molecule has 2 aromatic carbocycles. The third kappa shape index (κ3) is 6.72. The molecule has 0 saturated carbocycles. The van der Waals surface area contributed by atoms with Crippen molar-refractivity contribution in [2.45, 2.75) is 76.0 Å². The summed E-state index contributed by atoms with van der Waals surface area (Å²) < 4.78 is 5.86. The molecule has 16 nitrogen and oxygen atoms in total. The highest BCUT2D eigenvalue weighted by atomic mass is 16.5. The van der Waals surface area contributed by atoms with Crippen LogP contribution >= 0.6 is 0 Å². The van der Waals surface area contributed by atoms with Crippen LogP contribution in [0.5, 0.6) is 0 Å². The zero-order valence-electron chi connectivity index (χ0n) is 32.2. The zero-order chi connectivity index (χ0) is 38.9. The summed E-state index contributed by atoms with van der Waals surface area (Å²) in [6.07, 6.45) is 5.71. The number of nitrogens with zero attached hydrogens (tertiary/aromatic N) is 8. The van der Waals surface area contributed by atoms with Crippen molar-refractivity contribution in [3.8, 4) is 0 Å². The largest absolute Gasteiger partial charge is 0.365 e. The van der Waals surface area contributed by atoms with Gasteiger partial charge in [0, 0.05) is 94.0 Å². The van der Waals surface area contributed by atoms with E-state index in [4.69, 9.17) is 15.2 Å². The first-order valence-corrected chi connectivity index (χ1v) is 20.3. The average Bonchev–Trinajstić information content (AvgIpc) is 3.98. The van der Waals surface area contributed by atoms with E-state index in [1.165, 1.54) is 22.3 Å². The number of aromatic nitrogens is 3. The van der Waals surface area contributed by atoms with E-state index in [1.807, 2.05) is 24.1 Å². The topological polar surface area (TPSA) is 190 Å². The molecule has 0 radical (unpaired) electrons. The lowest BCUT2D eigenvalue weighted by Crippen LogP contribution is -2.58. The van der Waals surface area contributed by atoms with Gasteiger partial charge < -0.3 is 25.6 Å². The summed E-state index contributed by atoms with van der Waals surface area (Å²) in [6, 6.07) is 11.2. The summed E-state index contributed by atoms with van der Waals surface area (Å²) in [5, 5.41) is 21.7. The van der Waals surface area contributed by atoms with Crippen LogP contribution in [0, 0.1) is 5.92 Å². The second-order valence-corrected chi connectivity index (χ2v) is 16.9. The molecule has 4 fully saturated rings. The molecule has 5 N–H and O–H groups in total. The minimum Gasteiger partial charge on any atom is -0.365 e. The van der Waals surface area contributed by atoms with Crippen molar-refractivity contribution in [1.29, 1.82) is 0 Å². The predicted octanol–water partition coefficient (Wildman–Crippen LogP) is 1.89. The maximum absolute atomic E-state index is 12.5. The molecule has 16 heteroatoms. The maximum Gasteiger partial charge on any atom is 0.271 e. The van der Waals surface area contributed by atoms with Gasteiger partial charge >= 0.3 is 0 Å². The molecule has 4 atom stereocenters. The number of carbonyl (C=O) groups is 3. The number of aliphatic hydroxyl groups excluding tert-OH is 1. The van der Waals surface area contributed by atoms with E-state index in [2.05, 4.69) is 58.6 Å². The highest BCUT2D eigenvalue weighted by Crippen LogP contribution is 2.39. The Morgan fingerprint density at radius 2 is 1.86 bits per heavy atom. The number of amides is 3. The van der Waals surface area contributed by atoms with Crippen molar-refractivity contribution < 1.29 is 24.0 Å². The number of aliphatic hydroxyl groups is 1. The fourth-order valence-electron chi connectivity index (χ4n) is 10.1. The van der Waals surface area contributed by atoms with Gasteiger partial charge in [-0.1, -0.05) is 17.3 Å². The smallest absolute Gasteiger partial charge is 0.271 e. The van der Waals surface area contributed by atoms with Crippen LogP contribution in [0.15, 0.2) is 41.1 Å². The lowest BCUT2D eigenvalue weighted by Gasteiger charge is -2.45. The van der Waals surface area contributed by atoms with Crippen molar-refractivity contribution >= 4 is 46.0 Å². The monoisotopic (exact) mass is 775 g/mol. The van der Waals surface area contributed by atoms with Gasteiger partial charge in [0.05, 0.1) is 12.1 Å². The molecule has 4 saturated heterocycles. The van der Waals surface area contributed by atoms with Crippen LogP contribution in [0.2, 0.25) is 0 Å². The molecule has 5 aliphatic heterocycles. The number of nitrogens with one attached hydrogen (secondary N) is 2. The second-order valence-electron chi connectivity index (χ2n) is 16.9. The molecule has 57 heavy (non-hydrogen) atoms. The standard InChI is InChI=1S/C41H49N11O5/c1-48-11-12-52(41(48)56)28-3-2-10-50(22-28)33-16-43-36(38(42)54)39(45-33)44-27-6-4-25-18-51(19-26(25)15-27)29-20-49(21-29)17-23-13-24-5-7-30-35(47-57-37(30)32(24)14-23)31-8-9-34(53)46-40(31)55/h4-7,15-16,23,28-29,31,41,56H,2-3,8-14,17-22H2,1H3,(H2,42,54)(H,44,45)(H,46,53,55)/t23-,28+,31?,41?/m0/s1. The fraction of sp³-hybridized carbons (Fsp3) is 0.512. The number of benzene rings is 2. The first-order chi connectivity index (χ1) is 27.6. The number of anilines is 3. The van der Waals surface area contributed by atoms with Crippen molar-refractivity contribution in [3.63, 3.8) is 0 Å². The molecule has 3 amide bonds. The van der Waals surface area contributed by atoms with Gasteiger partial charge in [-0.3, -0.25) is 39.3 Å². The van der Waals surface area contributed by atoms with E-state index < -0.39 is 18.2 Å². The Labute approximate surface area is 330 Å². The summed E-state index contributed by atoms with van der Waals surface area (Å²) in [6.45, 7) is 8.04.